The molecule has 0 heterocycles. The van der Waals surface area contributed by atoms with Crippen LogP contribution in [-0.2, 0) is 12.8 Å². The van der Waals surface area contributed by atoms with Gasteiger partial charge in [-0.3, -0.25) is 0 Å². The van der Waals surface area contributed by atoms with Crippen molar-refractivity contribution in [2.75, 3.05) is 13.7 Å². The van der Waals surface area contributed by atoms with Crippen LogP contribution in [0.5, 0.6) is 0 Å². The zero-order valence-electron chi connectivity index (χ0n) is 17.9. The van der Waals surface area contributed by atoms with E-state index in [0.717, 1.165) is 26.0 Å². The Morgan fingerprint density at radius 3 is 2.50 bits per heavy atom. The van der Waals surface area contributed by atoms with Gasteiger partial charge in [0.1, 0.15) is 0 Å². The highest BCUT2D eigenvalue weighted by Gasteiger charge is 2.19. The maximum absolute atomic E-state index is 7.00. The summed E-state index contributed by atoms with van der Waals surface area (Å²) in [5.74, 6) is 1.42. The molecule has 26 heavy (non-hydrogen) atoms. The molecule has 2 rings (SSSR count). The van der Waals surface area contributed by atoms with Gasteiger partial charge in [0, 0.05) is 7.11 Å². The van der Waals surface area contributed by atoms with Crippen molar-refractivity contribution in [2.24, 2.45) is 11.7 Å². The summed E-state index contributed by atoms with van der Waals surface area (Å²) < 4.78 is 0. The molecule has 2 heteroatoms. The van der Waals surface area contributed by atoms with Crippen molar-refractivity contribution in [2.45, 2.75) is 85.0 Å². The fourth-order valence-electron chi connectivity index (χ4n) is 3.74. The first-order valence-corrected chi connectivity index (χ1v) is 10.7. The summed E-state index contributed by atoms with van der Waals surface area (Å²) >= 11 is 0. The van der Waals surface area contributed by atoms with Crippen molar-refractivity contribution in [3.05, 3.63) is 47.0 Å². The molecule has 2 atom stereocenters. The van der Waals surface area contributed by atoms with Gasteiger partial charge in [-0.05, 0) is 80.0 Å². The average molecular weight is 362 g/mol. The monoisotopic (exact) mass is 361 g/mol. The van der Waals surface area contributed by atoms with Gasteiger partial charge in [-0.25, -0.2) is 0 Å². The van der Waals surface area contributed by atoms with Crippen molar-refractivity contribution >= 4 is 0 Å². The van der Waals surface area contributed by atoms with E-state index in [4.69, 9.17) is 10.8 Å². The molecule has 0 saturated heterocycles. The summed E-state index contributed by atoms with van der Waals surface area (Å²) in [5.41, 5.74) is 10.6. The zero-order valence-corrected chi connectivity index (χ0v) is 17.9. The molecule has 0 radical (unpaired) electrons. The number of hydrogen-bond donors (Lipinski definition) is 2. The highest BCUT2D eigenvalue weighted by Crippen LogP contribution is 2.31. The third-order valence-corrected chi connectivity index (χ3v) is 5.10. The maximum atomic E-state index is 7.00. The SMILES string of the molecule is CC.CC/C=C\CCC1CCc2cc(C(CN)CCC)ccc2C1.CO. The highest BCUT2D eigenvalue weighted by molar-refractivity contribution is 5.36. The lowest BCUT2D eigenvalue weighted by Crippen LogP contribution is -2.16. The number of allylic oxidation sites excluding steroid dienone is 2. The fourth-order valence-corrected chi connectivity index (χ4v) is 3.74. The molecular weight excluding hydrogens is 318 g/mol. The molecule has 0 spiro atoms. The first-order valence-electron chi connectivity index (χ1n) is 10.7. The topological polar surface area (TPSA) is 46.2 Å². The first-order chi connectivity index (χ1) is 12.8. The van der Waals surface area contributed by atoms with Gasteiger partial charge in [-0.15, -0.1) is 0 Å². The second-order valence-electron chi connectivity index (χ2n) is 6.82. The predicted octanol–water partition coefficient (Wildman–Crippen LogP) is 6.02. The Hall–Kier alpha value is -1.12. The minimum Gasteiger partial charge on any atom is -0.400 e. The number of rotatable bonds is 8. The molecule has 0 aromatic heterocycles. The molecular formula is C24H43NO. The summed E-state index contributed by atoms with van der Waals surface area (Å²) in [6.07, 6.45) is 14.7. The van der Waals surface area contributed by atoms with Crippen molar-refractivity contribution in [1.82, 2.24) is 0 Å². The maximum Gasteiger partial charge on any atom is 0.0319 e. The van der Waals surface area contributed by atoms with Crippen LogP contribution in [-0.4, -0.2) is 18.8 Å². The summed E-state index contributed by atoms with van der Waals surface area (Å²) in [7, 11) is 1.00. The molecule has 0 bridgehead atoms. The second-order valence-corrected chi connectivity index (χ2v) is 6.82. The van der Waals surface area contributed by atoms with E-state index >= 15 is 0 Å². The lowest BCUT2D eigenvalue weighted by atomic mass is 9.80. The number of fused-ring (bicyclic) bond motifs is 1. The Kier molecular flexibility index (Phi) is 15.4. The van der Waals surface area contributed by atoms with E-state index in [1.165, 1.54) is 50.5 Å². The van der Waals surface area contributed by atoms with E-state index < -0.39 is 0 Å². The first kappa shape index (κ1) is 24.9. The fraction of sp³-hybridized carbons (Fsp3) is 0.667. The summed E-state index contributed by atoms with van der Waals surface area (Å²) in [4.78, 5) is 0. The Bertz CT molecular complexity index is 481. The minimum atomic E-state index is 0.548. The standard InChI is InChI=1S/C21H33N.C2H6.CH4O/c1-3-5-6-7-9-17-10-11-19-15-20(13-12-18(19)14-17)21(16-22)8-4-2;2*1-2/h5-6,12-13,15,17,21H,3-4,7-11,14,16,22H2,1-2H3;1-2H3;2H,1H3/b6-5-;;. The molecule has 1 aliphatic rings. The van der Waals surface area contributed by atoms with Gasteiger partial charge < -0.3 is 10.8 Å². The number of aliphatic hydroxyl groups excluding tert-OH is 1. The molecule has 0 saturated carbocycles. The third-order valence-electron chi connectivity index (χ3n) is 5.10. The molecule has 0 amide bonds. The van der Waals surface area contributed by atoms with Crippen molar-refractivity contribution in [3.8, 4) is 0 Å². The van der Waals surface area contributed by atoms with Crippen LogP contribution in [0.3, 0.4) is 0 Å². The molecule has 150 valence electrons. The number of nitrogens with two attached hydrogens (primary N) is 1. The van der Waals surface area contributed by atoms with Crippen LogP contribution in [0.15, 0.2) is 30.4 Å². The largest absolute Gasteiger partial charge is 0.400 e. The molecule has 1 aromatic carbocycles. The number of aliphatic hydroxyl groups is 1. The van der Waals surface area contributed by atoms with Gasteiger partial charge in [0.25, 0.3) is 0 Å². The minimum absolute atomic E-state index is 0.548. The van der Waals surface area contributed by atoms with Gasteiger partial charge in [0.15, 0.2) is 0 Å². The summed E-state index contributed by atoms with van der Waals surface area (Å²) in [5, 5.41) is 7.00. The zero-order chi connectivity index (χ0) is 19.8. The summed E-state index contributed by atoms with van der Waals surface area (Å²) in [6, 6.07) is 7.18. The molecule has 1 aliphatic carbocycles. The van der Waals surface area contributed by atoms with Gasteiger partial charge >= 0.3 is 0 Å². The van der Waals surface area contributed by atoms with E-state index in [1.54, 1.807) is 11.1 Å². The Labute approximate surface area is 162 Å². The lowest BCUT2D eigenvalue weighted by Gasteiger charge is -2.26. The van der Waals surface area contributed by atoms with E-state index in [2.05, 4.69) is 44.2 Å². The van der Waals surface area contributed by atoms with Crippen molar-refractivity contribution < 1.29 is 5.11 Å². The smallest absolute Gasteiger partial charge is 0.0319 e. The third kappa shape index (κ3) is 8.51. The molecule has 0 aliphatic heterocycles. The summed E-state index contributed by atoms with van der Waals surface area (Å²) in [6.45, 7) is 9.23. The van der Waals surface area contributed by atoms with Crippen LogP contribution < -0.4 is 5.73 Å². The molecule has 0 fully saturated rings. The second kappa shape index (κ2) is 16.1. The van der Waals surface area contributed by atoms with Crippen molar-refractivity contribution in [3.63, 3.8) is 0 Å². The molecule has 2 unspecified atom stereocenters. The van der Waals surface area contributed by atoms with Crippen LogP contribution in [0.2, 0.25) is 0 Å². The lowest BCUT2D eigenvalue weighted by molar-refractivity contribution is 0.399. The van der Waals surface area contributed by atoms with Crippen molar-refractivity contribution in [1.29, 1.82) is 0 Å². The van der Waals surface area contributed by atoms with E-state index in [0.29, 0.717) is 5.92 Å². The molecule has 1 aromatic rings. The number of benzene rings is 1. The Morgan fingerprint density at radius 2 is 1.88 bits per heavy atom. The van der Waals surface area contributed by atoms with Crippen LogP contribution in [0.1, 0.15) is 88.8 Å². The van der Waals surface area contributed by atoms with Gasteiger partial charge in [0.05, 0.1) is 0 Å². The number of hydrogen-bond acceptors (Lipinski definition) is 2. The average Bonchev–Trinajstić information content (AvgIpc) is 2.72. The highest BCUT2D eigenvalue weighted by atomic mass is 16.2. The quantitative estimate of drug-likeness (QED) is 0.556. The van der Waals surface area contributed by atoms with Crippen LogP contribution >= 0.6 is 0 Å². The Morgan fingerprint density at radius 1 is 1.15 bits per heavy atom. The molecule has 2 nitrogen and oxygen atoms in total. The van der Waals surface area contributed by atoms with Gasteiger partial charge in [-0.1, -0.05) is 64.5 Å². The molecule has 3 N–H and O–H groups in total. The van der Waals surface area contributed by atoms with E-state index in [1.807, 2.05) is 13.8 Å². The van der Waals surface area contributed by atoms with Crippen LogP contribution in [0.25, 0.3) is 0 Å². The van der Waals surface area contributed by atoms with Gasteiger partial charge in [-0.2, -0.15) is 0 Å². The normalized spacial score (nSPS) is 16.8. The van der Waals surface area contributed by atoms with Crippen LogP contribution in [0.4, 0.5) is 0 Å². The number of aryl methyl sites for hydroxylation is 1. The van der Waals surface area contributed by atoms with Crippen LogP contribution in [0, 0.1) is 5.92 Å². The predicted molar refractivity (Wildman–Crippen MR) is 117 cm³/mol. The van der Waals surface area contributed by atoms with E-state index in [-0.39, 0.29) is 0 Å². The van der Waals surface area contributed by atoms with E-state index in [9.17, 15) is 0 Å². The Balaban J connectivity index is 0.00000146. The van der Waals surface area contributed by atoms with Gasteiger partial charge in [0.2, 0.25) is 0 Å².